The van der Waals surface area contributed by atoms with Crippen molar-refractivity contribution in [2.75, 3.05) is 0 Å². The smallest absolute Gasteiger partial charge is 0.00609 e. The predicted octanol–water partition coefficient (Wildman–Crippen LogP) is 6.90. The van der Waals surface area contributed by atoms with Crippen LogP contribution in [0.1, 0.15) is 33.4 Å². The van der Waals surface area contributed by atoms with Gasteiger partial charge in [0.25, 0.3) is 0 Å². The summed E-state index contributed by atoms with van der Waals surface area (Å²) in [6, 6.07) is 14.0. The topological polar surface area (TPSA) is 0 Å². The minimum Gasteiger partial charge on any atom is -0.0795 e. The molecule has 26 heavy (non-hydrogen) atoms. The summed E-state index contributed by atoms with van der Waals surface area (Å²) in [5.74, 6) is 0. The van der Waals surface area contributed by atoms with Crippen molar-refractivity contribution in [2.24, 2.45) is 0 Å². The van der Waals surface area contributed by atoms with E-state index in [0.717, 1.165) is 12.8 Å². The minimum absolute atomic E-state index is 1.03. The summed E-state index contributed by atoms with van der Waals surface area (Å²) in [5.41, 5.74) is 8.51. The fourth-order valence-electron chi connectivity index (χ4n) is 5.02. The summed E-state index contributed by atoms with van der Waals surface area (Å²) in [4.78, 5) is 0. The molecule has 0 atom stereocenters. The van der Waals surface area contributed by atoms with Gasteiger partial charge in [-0.3, -0.25) is 0 Å². The van der Waals surface area contributed by atoms with Gasteiger partial charge in [0.1, 0.15) is 0 Å². The zero-order chi connectivity index (χ0) is 17.4. The van der Waals surface area contributed by atoms with E-state index in [1.807, 2.05) is 0 Å². The van der Waals surface area contributed by atoms with Crippen LogP contribution >= 0.6 is 0 Å². The van der Waals surface area contributed by atoms with Gasteiger partial charge in [-0.05, 0) is 105 Å². The SMILES string of the molecule is Cc1ccc(C)c2cc3c4c5c(ccc6c5c(c3cc12)C=CC6)C=CC4. The molecule has 0 spiro atoms. The Kier molecular flexibility index (Phi) is 2.68. The van der Waals surface area contributed by atoms with Gasteiger partial charge in [-0.25, -0.2) is 0 Å². The van der Waals surface area contributed by atoms with Crippen LogP contribution in [0.15, 0.2) is 48.6 Å². The molecule has 0 aromatic heterocycles. The van der Waals surface area contributed by atoms with Crippen LogP contribution in [0, 0.1) is 13.8 Å². The molecule has 0 nitrogen and oxygen atoms in total. The molecule has 0 fully saturated rings. The van der Waals surface area contributed by atoms with E-state index in [2.05, 4.69) is 74.5 Å². The lowest BCUT2D eigenvalue weighted by molar-refractivity contribution is 1.27. The van der Waals surface area contributed by atoms with E-state index in [4.69, 9.17) is 0 Å². The molecule has 0 heterocycles. The summed E-state index contributed by atoms with van der Waals surface area (Å²) < 4.78 is 0. The van der Waals surface area contributed by atoms with Gasteiger partial charge in [0, 0.05) is 0 Å². The second-order valence-electron chi connectivity index (χ2n) is 7.81. The molecule has 0 bridgehead atoms. The van der Waals surface area contributed by atoms with Gasteiger partial charge >= 0.3 is 0 Å². The van der Waals surface area contributed by atoms with Gasteiger partial charge in [-0.1, -0.05) is 48.6 Å². The number of fused-ring (bicyclic) bond motifs is 4. The van der Waals surface area contributed by atoms with Crippen LogP contribution in [-0.4, -0.2) is 0 Å². The van der Waals surface area contributed by atoms with E-state index in [0.29, 0.717) is 0 Å². The van der Waals surface area contributed by atoms with Gasteiger partial charge in [0.05, 0.1) is 0 Å². The van der Waals surface area contributed by atoms with E-state index < -0.39 is 0 Å². The third kappa shape index (κ3) is 1.69. The fraction of sp³-hybridized carbons (Fsp3) is 0.154. The molecule has 4 aromatic carbocycles. The minimum atomic E-state index is 1.03. The maximum atomic E-state index is 2.45. The van der Waals surface area contributed by atoms with E-state index in [1.54, 1.807) is 0 Å². The summed E-state index contributed by atoms with van der Waals surface area (Å²) in [5, 5.41) is 8.61. The third-order valence-corrected chi connectivity index (χ3v) is 6.34. The normalized spacial score (nSPS) is 14.7. The lowest BCUT2D eigenvalue weighted by atomic mass is 9.80. The molecule has 0 saturated heterocycles. The molecule has 2 aliphatic carbocycles. The van der Waals surface area contributed by atoms with Crippen molar-refractivity contribution in [1.82, 2.24) is 0 Å². The van der Waals surface area contributed by atoms with Gasteiger partial charge < -0.3 is 0 Å². The van der Waals surface area contributed by atoms with Crippen molar-refractivity contribution >= 4 is 44.5 Å². The van der Waals surface area contributed by atoms with Crippen LogP contribution in [-0.2, 0) is 12.8 Å². The third-order valence-electron chi connectivity index (χ3n) is 6.34. The molecule has 0 heteroatoms. The predicted molar refractivity (Wildman–Crippen MR) is 114 cm³/mol. The number of benzene rings is 4. The van der Waals surface area contributed by atoms with Crippen LogP contribution in [0.3, 0.4) is 0 Å². The van der Waals surface area contributed by atoms with Crippen molar-refractivity contribution < 1.29 is 0 Å². The Hall–Kier alpha value is -2.86. The van der Waals surface area contributed by atoms with Crippen LogP contribution in [0.2, 0.25) is 0 Å². The quantitative estimate of drug-likeness (QED) is 0.307. The summed E-state index contributed by atoms with van der Waals surface area (Å²) >= 11 is 0. The fourth-order valence-corrected chi connectivity index (χ4v) is 5.02. The molecule has 0 saturated carbocycles. The average molecular weight is 332 g/mol. The first-order valence-electron chi connectivity index (χ1n) is 9.49. The van der Waals surface area contributed by atoms with Crippen LogP contribution in [0.5, 0.6) is 0 Å². The van der Waals surface area contributed by atoms with Crippen molar-refractivity contribution in [3.8, 4) is 0 Å². The molecule has 124 valence electrons. The highest BCUT2D eigenvalue weighted by Crippen LogP contribution is 2.43. The Morgan fingerprint density at radius 1 is 0.654 bits per heavy atom. The van der Waals surface area contributed by atoms with Gasteiger partial charge in [-0.15, -0.1) is 0 Å². The van der Waals surface area contributed by atoms with Crippen LogP contribution in [0.4, 0.5) is 0 Å². The van der Waals surface area contributed by atoms with E-state index in [9.17, 15) is 0 Å². The summed E-state index contributed by atoms with van der Waals surface area (Å²) in [6.45, 7) is 4.46. The molecule has 0 unspecified atom stereocenters. The highest BCUT2D eigenvalue weighted by molar-refractivity contribution is 6.17. The molecule has 2 aliphatic rings. The Morgan fingerprint density at radius 2 is 1.38 bits per heavy atom. The lowest BCUT2D eigenvalue weighted by Crippen LogP contribution is -2.02. The monoisotopic (exact) mass is 332 g/mol. The van der Waals surface area contributed by atoms with Crippen molar-refractivity contribution in [3.05, 3.63) is 81.9 Å². The second-order valence-corrected chi connectivity index (χ2v) is 7.81. The van der Waals surface area contributed by atoms with Gasteiger partial charge in [0.2, 0.25) is 0 Å². The Morgan fingerprint density at radius 3 is 2.19 bits per heavy atom. The average Bonchev–Trinajstić information content (AvgIpc) is 2.69. The number of hydrogen-bond donors (Lipinski definition) is 0. The maximum absolute atomic E-state index is 2.45. The number of hydrogen-bond acceptors (Lipinski definition) is 0. The first-order chi connectivity index (χ1) is 12.7. The van der Waals surface area contributed by atoms with Crippen molar-refractivity contribution in [1.29, 1.82) is 0 Å². The molecule has 0 aliphatic heterocycles. The van der Waals surface area contributed by atoms with Crippen molar-refractivity contribution in [3.63, 3.8) is 0 Å². The first-order valence-corrected chi connectivity index (χ1v) is 9.49. The Labute approximate surface area is 153 Å². The first kappa shape index (κ1) is 14.3. The maximum Gasteiger partial charge on any atom is -0.00609 e. The summed E-state index contributed by atoms with van der Waals surface area (Å²) in [6.07, 6.45) is 11.4. The van der Waals surface area contributed by atoms with Gasteiger partial charge in [-0.2, -0.15) is 0 Å². The van der Waals surface area contributed by atoms with E-state index in [1.165, 1.54) is 65.7 Å². The standard InChI is InChI=1S/C26H20/c1-15-9-10-16(2)22-14-24-20-8-4-6-18-12-11-17-5-3-7-19(25(17)26(18)20)23(24)13-21(15)22/h3-5,8-14H,6-7H2,1-2H3. The van der Waals surface area contributed by atoms with Crippen LogP contribution in [0.25, 0.3) is 44.5 Å². The highest BCUT2D eigenvalue weighted by Gasteiger charge is 2.21. The lowest BCUT2D eigenvalue weighted by Gasteiger charge is -2.23. The molecule has 0 amide bonds. The largest absolute Gasteiger partial charge is 0.0795 e. The van der Waals surface area contributed by atoms with E-state index in [-0.39, 0.29) is 0 Å². The van der Waals surface area contributed by atoms with E-state index >= 15 is 0 Å². The zero-order valence-electron chi connectivity index (χ0n) is 15.2. The number of allylic oxidation sites excluding steroid dienone is 2. The second kappa shape index (κ2) is 4.86. The number of rotatable bonds is 0. The molecule has 0 N–H and O–H groups in total. The van der Waals surface area contributed by atoms with Gasteiger partial charge in [0.15, 0.2) is 0 Å². The number of aryl methyl sites for hydroxylation is 2. The molecular formula is C26H20. The Bertz CT molecular complexity index is 1330. The van der Waals surface area contributed by atoms with Crippen molar-refractivity contribution in [2.45, 2.75) is 26.7 Å². The zero-order valence-corrected chi connectivity index (χ0v) is 15.2. The molecule has 6 rings (SSSR count). The molecule has 0 radical (unpaired) electrons. The Balaban J connectivity index is 1.95. The highest BCUT2D eigenvalue weighted by atomic mass is 14.2. The van der Waals surface area contributed by atoms with Crippen LogP contribution < -0.4 is 0 Å². The summed E-state index contributed by atoms with van der Waals surface area (Å²) in [7, 11) is 0. The molecule has 4 aromatic rings. The molecular weight excluding hydrogens is 312 g/mol.